The summed E-state index contributed by atoms with van der Waals surface area (Å²) in [7, 11) is 0. The molecular weight excluding hydrogens is 278 g/mol. The maximum Gasteiger partial charge on any atom is 0.287 e. The molecule has 21 heavy (non-hydrogen) atoms. The number of nitro groups is 1. The van der Waals surface area contributed by atoms with E-state index in [0.717, 1.165) is 23.3 Å². The molecule has 0 atom stereocenters. The Bertz CT molecular complexity index is 771. The van der Waals surface area contributed by atoms with E-state index in [1.807, 2.05) is 6.92 Å². The predicted molar refractivity (Wildman–Crippen MR) is 69.3 cm³/mol. The largest absolute Gasteiger partial charge is 0.300 e. The van der Waals surface area contributed by atoms with Crippen LogP contribution in [-0.2, 0) is 13.1 Å². The minimum absolute atomic E-state index is 0.0395. The predicted octanol–water partition coefficient (Wildman–Crippen LogP) is 0.0730. The van der Waals surface area contributed by atoms with Gasteiger partial charge in [-0.2, -0.15) is 5.26 Å². The third-order valence-corrected chi connectivity index (χ3v) is 2.76. The maximum absolute atomic E-state index is 12.0. The normalized spacial score (nSPS) is 10.3. The van der Waals surface area contributed by atoms with E-state index in [1.165, 1.54) is 4.68 Å². The molecule has 10 nitrogen and oxygen atoms in total. The lowest BCUT2D eigenvalue weighted by atomic mass is 10.2. The van der Waals surface area contributed by atoms with Crippen LogP contribution in [0.5, 0.6) is 0 Å². The Kier molecular flexibility index (Phi) is 4.03. The topological polar surface area (TPSA) is 133 Å². The van der Waals surface area contributed by atoms with Crippen molar-refractivity contribution >= 4 is 5.69 Å². The Balaban J connectivity index is 2.46. The number of hydrogen-bond acceptors (Lipinski definition) is 7. The lowest BCUT2D eigenvalue weighted by Crippen LogP contribution is -2.24. The molecule has 0 N–H and O–H groups in total. The highest BCUT2D eigenvalue weighted by Crippen LogP contribution is 2.10. The van der Waals surface area contributed by atoms with Crippen LogP contribution in [0, 0.1) is 21.4 Å². The zero-order chi connectivity index (χ0) is 15.4. The number of aromatic nitrogens is 5. The zero-order valence-electron chi connectivity index (χ0n) is 11.1. The fourth-order valence-corrected chi connectivity index (χ4v) is 1.79. The molecule has 2 aromatic heterocycles. The van der Waals surface area contributed by atoms with E-state index in [-0.39, 0.29) is 17.8 Å². The van der Waals surface area contributed by atoms with Crippen molar-refractivity contribution in [2.75, 3.05) is 0 Å². The summed E-state index contributed by atoms with van der Waals surface area (Å²) in [6.07, 6.45) is 1.87. The summed E-state index contributed by atoms with van der Waals surface area (Å²) >= 11 is 0. The number of nitriles is 1. The molecule has 0 aliphatic heterocycles. The fourth-order valence-electron chi connectivity index (χ4n) is 1.79. The molecule has 2 aromatic rings. The first kappa shape index (κ1) is 14.3. The van der Waals surface area contributed by atoms with Crippen LogP contribution in [0.15, 0.2) is 17.1 Å². The van der Waals surface area contributed by atoms with E-state index in [9.17, 15) is 14.9 Å². The molecule has 0 radical (unpaired) electrons. The summed E-state index contributed by atoms with van der Waals surface area (Å²) in [6, 6.07) is 2.61. The van der Waals surface area contributed by atoms with Crippen molar-refractivity contribution < 1.29 is 4.92 Å². The number of hydrogen-bond donors (Lipinski definition) is 0. The summed E-state index contributed by atoms with van der Waals surface area (Å²) in [5.74, 6) is 0.392. The van der Waals surface area contributed by atoms with Crippen LogP contribution in [0.4, 0.5) is 5.69 Å². The van der Waals surface area contributed by atoms with Gasteiger partial charge in [0, 0.05) is 12.6 Å². The van der Waals surface area contributed by atoms with Crippen LogP contribution >= 0.6 is 0 Å². The SMILES string of the molecule is CCCn1nnnc1Cn1cc([N+](=O)[O-])cc(C#N)c1=O. The van der Waals surface area contributed by atoms with Crippen molar-refractivity contribution in [2.24, 2.45) is 0 Å². The van der Waals surface area contributed by atoms with E-state index in [0.29, 0.717) is 12.4 Å². The van der Waals surface area contributed by atoms with Gasteiger partial charge in [-0.15, -0.1) is 5.10 Å². The fraction of sp³-hybridized carbons (Fsp3) is 0.364. The highest BCUT2D eigenvalue weighted by Gasteiger charge is 2.15. The summed E-state index contributed by atoms with van der Waals surface area (Å²) in [6.45, 7) is 2.47. The standard InChI is InChI=1S/C11H11N7O3/c1-2-3-17-10(13-14-15-17)7-16-6-9(18(20)21)4-8(5-12)11(16)19/h4,6H,2-3,7H2,1H3. The van der Waals surface area contributed by atoms with Crippen molar-refractivity contribution in [2.45, 2.75) is 26.4 Å². The number of rotatable bonds is 5. The van der Waals surface area contributed by atoms with E-state index in [4.69, 9.17) is 5.26 Å². The van der Waals surface area contributed by atoms with Crippen molar-refractivity contribution in [1.29, 1.82) is 5.26 Å². The van der Waals surface area contributed by atoms with E-state index < -0.39 is 10.5 Å². The molecule has 0 spiro atoms. The second-order valence-electron chi connectivity index (χ2n) is 4.23. The van der Waals surface area contributed by atoms with Crippen LogP contribution in [-0.4, -0.2) is 29.7 Å². The molecule has 0 saturated carbocycles. The molecular formula is C11H11N7O3. The molecule has 0 aliphatic rings. The summed E-state index contributed by atoms with van der Waals surface area (Å²) in [4.78, 5) is 22.2. The summed E-state index contributed by atoms with van der Waals surface area (Å²) in [5.41, 5.74) is -1.24. The minimum atomic E-state index is -0.661. The van der Waals surface area contributed by atoms with Gasteiger partial charge in [0.1, 0.15) is 11.6 Å². The van der Waals surface area contributed by atoms with Gasteiger partial charge in [-0.1, -0.05) is 6.92 Å². The third-order valence-electron chi connectivity index (χ3n) is 2.76. The Hall–Kier alpha value is -3.09. The lowest BCUT2D eigenvalue weighted by molar-refractivity contribution is -0.385. The highest BCUT2D eigenvalue weighted by molar-refractivity contribution is 5.37. The van der Waals surface area contributed by atoms with E-state index in [2.05, 4.69) is 15.5 Å². The van der Waals surface area contributed by atoms with Gasteiger partial charge in [-0.3, -0.25) is 19.5 Å². The second-order valence-corrected chi connectivity index (χ2v) is 4.23. The first-order chi connectivity index (χ1) is 10.1. The van der Waals surface area contributed by atoms with Crippen molar-refractivity contribution in [3.8, 4) is 6.07 Å². The Morgan fingerprint density at radius 3 is 2.90 bits per heavy atom. The molecule has 0 aliphatic carbocycles. The average molecular weight is 289 g/mol. The van der Waals surface area contributed by atoms with Crippen LogP contribution in [0.2, 0.25) is 0 Å². The van der Waals surface area contributed by atoms with Crippen molar-refractivity contribution in [1.82, 2.24) is 24.8 Å². The smallest absolute Gasteiger partial charge is 0.287 e. The Morgan fingerprint density at radius 1 is 1.52 bits per heavy atom. The quantitative estimate of drug-likeness (QED) is 0.561. The number of nitrogens with zero attached hydrogens (tertiary/aromatic N) is 7. The van der Waals surface area contributed by atoms with Gasteiger partial charge >= 0.3 is 0 Å². The number of tetrazole rings is 1. The van der Waals surface area contributed by atoms with Gasteiger partial charge in [0.15, 0.2) is 5.82 Å². The first-order valence-corrected chi connectivity index (χ1v) is 6.10. The van der Waals surface area contributed by atoms with Gasteiger partial charge in [-0.05, 0) is 16.8 Å². The minimum Gasteiger partial charge on any atom is -0.300 e. The van der Waals surface area contributed by atoms with Crippen LogP contribution in [0.1, 0.15) is 24.7 Å². The lowest BCUT2D eigenvalue weighted by Gasteiger charge is -2.06. The summed E-state index contributed by atoms with van der Waals surface area (Å²) in [5, 5.41) is 30.8. The van der Waals surface area contributed by atoms with Crippen molar-refractivity contribution in [3.05, 3.63) is 44.1 Å². The molecule has 108 valence electrons. The Morgan fingerprint density at radius 2 is 2.29 bits per heavy atom. The van der Waals surface area contributed by atoms with Gasteiger partial charge in [0.25, 0.3) is 11.2 Å². The van der Waals surface area contributed by atoms with Crippen LogP contribution < -0.4 is 5.56 Å². The van der Waals surface area contributed by atoms with E-state index >= 15 is 0 Å². The molecule has 10 heteroatoms. The van der Waals surface area contributed by atoms with Gasteiger partial charge in [0.05, 0.1) is 17.7 Å². The maximum atomic E-state index is 12.0. The molecule has 0 bridgehead atoms. The molecule has 2 rings (SSSR count). The molecule has 2 heterocycles. The van der Waals surface area contributed by atoms with Crippen LogP contribution in [0.3, 0.4) is 0 Å². The third kappa shape index (κ3) is 2.92. The molecule has 0 aromatic carbocycles. The highest BCUT2D eigenvalue weighted by atomic mass is 16.6. The Labute approximate surface area is 118 Å². The van der Waals surface area contributed by atoms with Gasteiger partial charge < -0.3 is 0 Å². The first-order valence-electron chi connectivity index (χ1n) is 6.10. The van der Waals surface area contributed by atoms with E-state index in [1.54, 1.807) is 6.07 Å². The molecule has 0 amide bonds. The van der Waals surface area contributed by atoms with Gasteiger partial charge in [-0.25, -0.2) is 4.68 Å². The monoisotopic (exact) mass is 289 g/mol. The number of pyridine rings is 1. The van der Waals surface area contributed by atoms with Crippen LogP contribution in [0.25, 0.3) is 0 Å². The van der Waals surface area contributed by atoms with Gasteiger partial charge in [0.2, 0.25) is 0 Å². The zero-order valence-corrected chi connectivity index (χ0v) is 11.1. The summed E-state index contributed by atoms with van der Waals surface area (Å²) < 4.78 is 2.58. The van der Waals surface area contributed by atoms with Crippen molar-refractivity contribution in [3.63, 3.8) is 0 Å². The molecule has 0 saturated heterocycles. The molecule has 0 unspecified atom stereocenters. The molecule has 0 fully saturated rings. The second kappa shape index (κ2) is 5.91. The number of aryl methyl sites for hydroxylation is 1. The average Bonchev–Trinajstić information content (AvgIpc) is 2.88.